The first-order chi connectivity index (χ1) is 9.19. The molecular formula is C15H19N3O. The number of nitrogens with zero attached hydrogens (tertiary/aromatic N) is 2. The van der Waals surface area contributed by atoms with Crippen LogP contribution in [0.1, 0.15) is 31.2 Å². The van der Waals surface area contributed by atoms with Gasteiger partial charge in [-0.3, -0.25) is 9.69 Å². The molecule has 0 bridgehead atoms. The van der Waals surface area contributed by atoms with Crippen LogP contribution in [0.25, 0.3) is 0 Å². The lowest BCUT2D eigenvalue weighted by Crippen LogP contribution is -2.36. The van der Waals surface area contributed by atoms with E-state index in [9.17, 15) is 4.79 Å². The molecule has 1 fully saturated rings. The lowest BCUT2D eigenvalue weighted by atomic mass is 10.2. The third-order valence-corrected chi connectivity index (χ3v) is 3.62. The molecule has 0 atom stereocenters. The summed E-state index contributed by atoms with van der Waals surface area (Å²) in [6.45, 7) is 0.404. The number of hydrogen-bond acceptors (Lipinski definition) is 3. The van der Waals surface area contributed by atoms with Gasteiger partial charge < -0.3 is 5.32 Å². The summed E-state index contributed by atoms with van der Waals surface area (Å²) < 4.78 is 0. The largest absolute Gasteiger partial charge is 0.325 e. The average Bonchev–Trinajstić information content (AvgIpc) is 2.92. The van der Waals surface area contributed by atoms with Crippen LogP contribution in [0.15, 0.2) is 24.3 Å². The van der Waals surface area contributed by atoms with Gasteiger partial charge in [0.2, 0.25) is 5.91 Å². The fourth-order valence-corrected chi connectivity index (χ4v) is 2.57. The minimum absolute atomic E-state index is 0.0236. The molecule has 0 spiro atoms. The second-order valence-electron chi connectivity index (χ2n) is 5.09. The summed E-state index contributed by atoms with van der Waals surface area (Å²) >= 11 is 0. The maximum absolute atomic E-state index is 11.9. The van der Waals surface area contributed by atoms with E-state index in [4.69, 9.17) is 5.26 Å². The Hall–Kier alpha value is -1.86. The molecule has 19 heavy (non-hydrogen) atoms. The summed E-state index contributed by atoms with van der Waals surface area (Å²) in [6, 6.07) is 9.59. The van der Waals surface area contributed by atoms with Crippen LogP contribution in [0.4, 0.5) is 5.69 Å². The highest BCUT2D eigenvalue weighted by atomic mass is 16.2. The van der Waals surface area contributed by atoms with Crippen molar-refractivity contribution >= 4 is 11.6 Å². The molecular weight excluding hydrogens is 238 g/mol. The fraction of sp³-hybridized carbons (Fsp3) is 0.467. The van der Waals surface area contributed by atoms with Crippen molar-refractivity contribution in [2.45, 2.75) is 31.7 Å². The summed E-state index contributed by atoms with van der Waals surface area (Å²) in [7, 11) is 2.00. The van der Waals surface area contributed by atoms with Crippen molar-refractivity contribution in [2.75, 3.05) is 18.9 Å². The van der Waals surface area contributed by atoms with Gasteiger partial charge in [-0.2, -0.15) is 5.26 Å². The van der Waals surface area contributed by atoms with Crippen molar-refractivity contribution in [3.05, 3.63) is 29.8 Å². The lowest BCUT2D eigenvalue weighted by molar-refractivity contribution is -0.117. The van der Waals surface area contributed by atoms with E-state index in [0.717, 1.165) is 0 Å². The molecule has 0 radical (unpaired) electrons. The number of likely N-dealkylation sites (N-methyl/N-ethyl adjacent to an activating group) is 1. The van der Waals surface area contributed by atoms with Crippen LogP contribution >= 0.6 is 0 Å². The van der Waals surface area contributed by atoms with Crippen LogP contribution in [-0.4, -0.2) is 30.4 Å². The molecule has 0 aliphatic heterocycles. The van der Waals surface area contributed by atoms with E-state index in [1.807, 2.05) is 7.05 Å². The van der Waals surface area contributed by atoms with E-state index in [2.05, 4.69) is 16.3 Å². The second kappa shape index (κ2) is 6.35. The van der Waals surface area contributed by atoms with Gasteiger partial charge in [-0.15, -0.1) is 0 Å². The highest BCUT2D eigenvalue weighted by Gasteiger charge is 2.21. The van der Waals surface area contributed by atoms with Gasteiger partial charge in [-0.05, 0) is 38.1 Å². The third-order valence-electron chi connectivity index (χ3n) is 3.62. The summed E-state index contributed by atoms with van der Waals surface area (Å²) in [6.07, 6.45) is 4.91. The van der Waals surface area contributed by atoms with Gasteiger partial charge in [0.1, 0.15) is 0 Å². The molecule has 4 heteroatoms. The Balaban J connectivity index is 1.88. The maximum Gasteiger partial charge on any atom is 0.238 e. The lowest BCUT2D eigenvalue weighted by Gasteiger charge is -2.23. The summed E-state index contributed by atoms with van der Waals surface area (Å²) in [5, 5.41) is 11.7. The number of rotatable bonds is 4. The average molecular weight is 257 g/mol. The molecule has 1 aromatic carbocycles. The van der Waals surface area contributed by atoms with Crippen LogP contribution in [0.3, 0.4) is 0 Å². The Morgan fingerprint density at radius 1 is 1.47 bits per heavy atom. The Bertz CT molecular complexity index is 486. The van der Waals surface area contributed by atoms with E-state index in [1.165, 1.54) is 25.7 Å². The number of anilines is 1. The predicted octanol–water partition coefficient (Wildman–Crippen LogP) is 2.37. The molecule has 1 amide bonds. The third kappa shape index (κ3) is 3.80. The number of benzene rings is 1. The van der Waals surface area contributed by atoms with Gasteiger partial charge in [0.25, 0.3) is 0 Å². The molecule has 4 nitrogen and oxygen atoms in total. The Morgan fingerprint density at radius 3 is 2.89 bits per heavy atom. The van der Waals surface area contributed by atoms with Gasteiger partial charge in [-0.1, -0.05) is 18.9 Å². The van der Waals surface area contributed by atoms with E-state index in [-0.39, 0.29) is 5.91 Å². The first kappa shape index (κ1) is 13.6. The molecule has 0 aromatic heterocycles. The Kier molecular flexibility index (Phi) is 4.53. The molecule has 1 aliphatic rings. The van der Waals surface area contributed by atoms with Gasteiger partial charge in [0, 0.05) is 11.7 Å². The quantitative estimate of drug-likeness (QED) is 0.901. The maximum atomic E-state index is 11.9. The zero-order valence-corrected chi connectivity index (χ0v) is 11.2. The highest BCUT2D eigenvalue weighted by Crippen LogP contribution is 2.22. The fourth-order valence-electron chi connectivity index (χ4n) is 2.57. The molecule has 1 aromatic rings. The molecule has 0 unspecified atom stereocenters. The zero-order chi connectivity index (χ0) is 13.7. The molecule has 0 heterocycles. The van der Waals surface area contributed by atoms with Crippen molar-refractivity contribution in [1.29, 1.82) is 5.26 Å². The summed E-state index contributed by atoms with van der Waals surface area (Å²) in [4.78, 5) is 14.1. The highest BCUT2D eigenvalue weighted by molar-refractivity contribution is 5.92. The number of carbonyl (C=O) groups excluding carboxylic acids is 1. The van der Waals surface area contributed by atoms with E-state index in [0.29, 0.717) is 23.8 Å². The minimum Gasteiger partial charge on any atom is -0.325 e. The number of amides is 1. The van der Waals surface area contributed by atoms with Crippen molar-refractivity contribution in [1.82, 2.24) is 4.90 Å². The number of carbonyl (C=O) groups is 1. The number of nitrogens with one attached hydrogen (secondary N) is 1. The van der Waals surface area contributed by atoms with Crippen LogP contribution in [0, 0.1) is 11.3 Å². The normalized spacial score (nSPS) is 15.4. The topological polar surface area (TPSA) is 56.1 Å². The van der Waals surface area contributed by atoms with Crippen LogP contribution < -0.4 is 5.32 Å². The van der Waals surface area contributed by atoms with Crippen LogP contribution in [-0.2, 0) is 4.79 Å². The SMILES string of the molecule is CN(CC(=O)Nc1cccc(C#N)c1)C1CCCC1. The van der Waals surface area contributed by atoms with Gasteiger partial charge in [0.15, 0.2) is 0 Å². The molecule has 0 saturated heterocycles. The van der Waals surface area contributed by atoms with Crippen molar-refractivity contribution < 1.29 is 4.79 Å². The first-order valence-corrected chi connectivity index (χ1v) is 6.69. The van der Waals surface area contributed by atoms with Gasteiger partial charge >= 0.3 is 0 Å². The van der Waals surface area contributed by atoms with Gasteiger partial charge in [0.05, 0.1) is 18.2 Å². The molecule has 1 N–H and O–H groups in total. The Morgan fingerprint density at radius 2 is 2.21 bits per heavy atom. The first-order valence-electron chi connectivity index (χ1n) is 6.69. The number of hydrogen-bond donors (Lipinski definition) is 1. The molecule has 100 valence electrons. The smallest absolute Gasteiger partial charge is 0.238 e. The van der Waals surface area contributed by atoms with E-state index >= 15 is 0 Å². The summed E-state index contributed by atoms with van der Waals surface area (Å²) in [5.74, 6) is -0.0236. The van der Waals surface area contributed by atoms with Crippen LogP contribution in [0.2, 0.25) is 0 Å². The standard InChI is InChI=1S/C15H19N3O/c1-18(14-7-2-3-8-14)11-15(19)17-13-6-4-5-12(9-13)10-16/h4-6,9,14H,2-3,7-8,11H2,1H3,(H,17,19). The second-order valence-corrected chi connectivity index (χ2v) is 5.09. The summed E-state index contributed by atoms with van der Waals surface area (Å²) in [5.41, 5.74) is 1.24. The Labute approximate surface area is 114 Å². The van der Waals surface area contributed by atoms with Gasteiger partial charge in [-0.25, -0.2) is 0 Å². The van der Waals surface area contributed by atoms with Crippen molar-refractivity contribution in [2.24, 2.45) is 0 Å². The minimum atomic E-state index is -0.0236. The molecule has 1 aliphatic carbocycles. The molecule has 1 saturated carbocycles. The van der Waals surface area contributed by atoms with E-state index < -0.39 is 0 Å². The van der Waals surface area contributed by atoms with Crippen LogP contribution in [0.5, 0.6) is 0 Å². The molecule has 2 rings (SSSR count). The van der Waals surface area contributed by atoms with E-state index in [1.54, 1.807) is 24.3 Å². The zero-order valence-electron chi connectivity index (χ0n) is 11.2. The number of nitriles is 1. The monoisotopic (exact) mass is 257 g/mol. The van der Waals surface area contributed by atoms with Crippen molar-refractivity contribution in [3.63, 3.8) is 0 Å². The van der Waals surface area contributed by atoms with Crippen molar-refractivity contribution in [3.8, 4) is 6.07 Å². The predicted molar refractivity (Wildman–Crippen MR) is 74.7 cm³/mol.